The van der Waals surface area contributed by atoms with Gasteiger partial charge in [0.2, 0.25) is 5.91 Å². The molecule has 0 aliphatic carbocycles. The van der Waals surface area contributed by atoms with Gasteiger partial charge in [0.05, 0.1) is 6.54 Å². The molecule has 2 amide bonds. The molecule has 0 spiro atoms. The van der Waals surface area contributed by atoms with Gasteiger partial charge in [-0.1, -0.05) is 6.07 Å². The van der Waals surface area contributed by atoms with Crippen LogP contribution in [0.2, 0.25) is 0 Å². The predicted molar refractivity (Wildman–Crippen MR) is 87.2 cm³/mol. The number of carbonyl (C=O) groups excluding carboxylic acids is 2. The molecular formula is C16H16N4O3. The maximum Gasteiger partial charge on any atom is 0.251 e. The highest BCUT2D eigenvalue weighted by atomic mass is 16.3. The number of primary amides is 1. The number of carbonyl (C=O) groups is 2. The molecule has 2 rings (SSSR count). The average molecular weight is 312 g/mol. The van der Waals surface area contributed by atoms with Gasteiger partial charge < -0.3 is 26.9 Å². The van der Waals surface area contributed by atoms with E-state index in [1.807, 2.05) is 0 Å². The second-order valence-electron chi connectivity index (χ2n) is 4.77. The van der Waals surface area contributed by atoms with Crippen molar-refractivity contribution < 1.29 is 14.7 Å². The zero-order valence-corrected chi connectivity index (χ0v) is 12.2. The lowest BCUT2D eigenvalue weighted by Gasteiger charge is -2.11. The van der Waals surface area contributed by atoms with Crippen molar-refractivity contribution in [1.82, 2.24) is 5.32 Å². The molecule has 23 heavy (non-hydrogen) atoms. The Labute approximate surface area is 132 Å². The minimum Gasteiger partial charge on any atom is -0.508 e. The molecule has 118 valence electrons. The molecule has 6 N–H and O–H groups in total. The number of rotatable bonds is 6. The van der Waals surface area contributed by atoms with Crippen molar-refractivity contribution in [1.29, 1.82) is 5.41 Å². The Morgan fingerprint density at radius 3 is 2.70 bits per heavy atom. The second-order valence-corrected chi connectivity index (χ2v) is 4.77. The molecule has 0 aliphatic heterocycles. The topological polar surface area (TPSA) is 128 Å². The number of benzene rings is 2. The van der Waals surface area contributed by atoms with Gasteiger partial charge >= 0.3 is 0 Å². The zero-order valence-electron chi connectivity index (χ0n) is 12.2. The largest absolute Gasteiger partial charge is 0.508 e. The minimum atomic E-state index is -0.618. The van der Waals surface area contributed by atoms with Crippen LogP contribution in [0.1, 0.15) is 15.9 Å². The molecule has 0 bridgehead atoms. The van der Waals surface area contributed by atoms with Crippen molar-refractivity contribution in [2.75, 3.05) is 11.9 Å². The summed E-state index contributed by atoms with van der Waals surface area (Å²) in [6.07, 6.45) is 1.12. The summed E-state index contributed by atoms with van der Waals surface area (Å²) in [6.45, 7) is -0.230. The van der Waals surface area contributed by atoms with Crippen molar-refractivity contribution in [3.63, 3.8) is 0 Å². The van der Waals surface area contributed by atoms with Gasteiger partial charge in [0.15, 0.2) is 0 Å². The first-order chi connectivity index (χ1) is 11.0. The standard InChI is InChI=1S/C16H16N4O3/c17-8-11-7-13(21)4-5-14(11)20-12-3-1-2-10(6-12)16(23)19-9-15(18)22/h1-8,17,20-21H,9H2,(H2,18,22)(H,19,23). The van der Waals surface area contributed by atoms with Crippen LogP contribution in [0.4, 0.5) is 11.4 Å². The third kappa shape index (κ3) is 4.31. The Bertz CT molecular complexity index is 759. The molecule has 0 fully saturated rings. The molecule has 0 unspecified atom stereocenters. The van der Waals surface area contributed by atoms with Gasteiger partial charge in [-0.15, -0.1) is 0 Å². The Morgan fingerprint density at radius 2 is 2.00 bits per heavy atom. The van der Waals surface area contributed by atoms with Crippen LogP contribution in [0.25, 0.3) is 0 Å². The van der Waals surface area contributed by atoms with Gasteiger partial charge in [0.1, 0.15) is 5.75 Å². The van der Waals surface area contributed by atoms with E-state index in [-0.39, 0.29) is 12.3 Å². The summed E-state index contributed by atoms with van der Waals surface area (Å²) in [6, 6.07) is 11.2. The quantitative estimate of drug-likeness (QED) is 0.407. The number of phenols is 1. The van der Waals surface area contributed by atoms with E-state index in [1.165, 1.54) is 12.1 Å². The van der Waals surface area contributed by atoms with Crippen LogP contribution in [-0.2, 0) is 4.79 Å². The van der Waals surface area contributed by atoms with Gasteiger partial charge in [-0.2, -0.15) is 0 Å². The second kappa shape index (κ2) is 7.08. The lowest BCUT2D eigenvalue weighted by molar-refractivity contribution is -0.117. The first-order valence-corrected chi connectivity index (χ1v) is 6.76. The minimum absolute atomic E-state index is 0.0635. The average Bonchev–Trinajstić information content (AvgIpc) is 2.54. The van der Waals surface area contributed by atoms with E-state index in [9.17, 15) is 14.7 Å². The lowest BCUT2D eigenvalue weighted by Crippen LogP contribution is -2.33. The molecule has 0 radical (unpaired) electrons. The summed E-state index contributed by atoms with van der Waals surface area (Å²) < 4.78 is 0. The fraction of sp³-hybridized carbons (Fsp3) is 0.0625. The summed E-state index contributed by atoms with van der Waals surface area (Å²) in [5, 5.41) is 22.3. The fourth-order valence-electron chi connectivity index (χ4n) is 1.95. The van der Waals surface area contributed by atoms with E-state index >= 15 is 0 Å². The first-order valence-electron chi connectivity index (χ1n) is 6.76. The summed E-state index contributed by atoms with van der Waals surface area (Å²) in [4.78, 5) is 22.6. The third-order valence-electron chi connectivity index (χ3n) is 3.02. The molecule has 0 aliphatic rings. The SMILES string of the molecule is N=Cc1cc(O)ccc1Nc1cccc(C(=O)NCC(N)=O)c1. The summed E-state index contributed by atoms with van der Waals surface area (Å²) in [5.74, 6) is -0.966. The van der Waals surface area contributed by atoms with Gasteiger partial charge in [0, 0.05) is 28.7 Å². The van der Waals surface area contributed by atoms with Crippen molar-refractivity contribution in [3.05, 3.63) is 53.6 Å². The number of aromatic hydroxyl groups is 1. The fourth-order valence-corrected chi connectivity index (χ4v) is 1.95. The molecule has 0 saturated carbocycles. The molecule has 7 nitrogen and oxygen atoms in total. The van der Waals surface area contributed by atoms with Gasteiger partial charge in [-0.05, 0) is 36.4 Å². The Balaban J connectivity index is 2.19. The van der Waals surface area contributed by atoms with Crippen LogP contribution in [0.5, 0.6) is 5.75 Å². The molecule has 0 aromatic heterocycles. The molecule has 0 saturated heterocycles. The normalized spacial score (nSPS) is 9.91. The van der Waals surface area contributed by atoms with Crippen molar-refractivity contribution in [3.8, 4) is 5.75 Å². The van der Waals surface area contributed by atoms with Crippen molar-refractivity contribution >= 4 is 29.4 Å². The van der Waals surface area contributed by atoms with Crippen molar-refractivity contribution in [2.45, 2.75) is 0 Å². The summed E-state index contributed by atoms with van der Waals surface area (Å²) >= 11 is 0. The van der Waals surface area contributed by atoms with E-state index in [4.69, 9.17) is 11.1 Å². The van der Waals surface area contributed by atoms with Crippen LogP contribution in [0.3, 0.4) is 0 Å². The molecule has 0 atom stereocenters. The Kier molecular flexibility index (Phi) is 4.93. The van der Waals surface area contributed by atoms with E-state index in [1.54, 1.807) is 30.3 Å². The molecule has 0 heterocycles. The molecular weight excluding hydrogens is 296 g/mol. The van der Waals surface area contributed by atoms with Crippen LogP contribution in [0, 0.1) is 5.41 Å². The smallest absolute Gasteiger partial charge is 0.251 e. The molecule has 2 aromatic rings. The van der Waals surface area contributed by atoms with Crippen LogP contribution in [0.15, 0.2) is 42.5 Å². The zero-order chi connectivity index (χ0) is 16.8. The van der Waals surface area contributed by atoms with E-state index < -0.39 is 11.8 Å². The van der Waals surface area contributed by atoms with Gasteiger partial charge in [-0.3, -0.25) is 9.59 Å². The van der Waals surface area contributed by atoms with Gasteiger partial charge in [-0.25, -0.2) is 0 Å². The Hall–Kier alpha value is -3.35. The van der Waals surface area contributed by atoms with E-state index in [2.05, 4.69) is 10.6 Å². The molecule has 7 heteroatoms. The lowest BCUT2D eigenvalue weighted by atomic mass is 10.1. The number of amides is 2. The first kappa shape index (κ1) is 16.0. The Morgan fingerprint density at radius 1 is 1.22 bits per heavy atom. The summed E-state index contributed by atoms with van der Waals surface area (Å²) in [7, 11) is 0. The monoisotopic (exact) mass is 312 g/mol. The third-order valence-corrected chi connectivity index (χ3v) is 3.02. The van der Waals surface area contributed by atoms with Crippen molar-refractivity contribution in [2.24, 2.45) is 5.73 Å². The maximum atomic E-state index is 11.9. The van der Waals surface area contributed by atoms with Crippen LogP contribution >= 0.6 is 0 Å². The summed E-state index contributed by atoms with van der Waals surface area (Å²) in [5.41, 5.74) is 7.11. The highest BCUT2D eigenvalue weighted by Gasteiger charge is 2.08. The predicted octanol–water partition coefficient (Wildman–Crippen LogP) is 1.35. The number of nitrogens with one attached hydrogen (secondary N) is 3. The van der Waals surface area contributed by atoms with E-state index in [0.29, 0.717) is 22.5 Å². The number of phenolic OH excluding ortho intramolecular Hbond substituents is 1. The van der Waals surface area contributed by atoms with Crippen LogP contribution < -0.4 is 16.4 Å². The number of hydrogen-bond acceptors (Lipinski definition) is 5. The number of nitrogens with two attached hydrogens (primary N) is 1. The highest BCUT2D eigenvalue weighted by Crippen LogP contribution is 2.24. The molecule has 2 aromatic carbocycles. The maximum absolute atomic E-state index is 11.9. The van der Waals surface area contributed by atoms with Crippen LogP contribution in [-0.4, -0.2) is 29.7 Å². The number of anilines is 2. The van der Waals surface area contributed by atoms with E-state index in [0.717, 1.165) is 6.21 Å². The highest BCUT2D eigenvalue weighted by molar-refractivity contribution is 5.97. The van der Waals surface area contributed by atoms with Gasteiger partial charge in [0.25, 0.3) is 5.91 Å². The number of hydrogen-bond donors (Lipinski definition) is 5.